The molecule has 0 spiro atoms. The van der Waals surface area contributed by atoms with Gasteiger partial charge in [0.25, 0.3) is 0 Å². The molecule has 0 radical (unpaired) electrons. The van der Waals surface area contributed by atoms with Crippen LogP contribution in [-0.2, 0) is 24.2 Å². The highest BCUT2D eigenvalue weighted by Crippen LogP contribution is 2.48. The molecule has 0 saturated carbocycles. The van der Waals surface area contributed by atoms with Crippen LogP contribution in [0.3, 0.4) is 0 Å². The molecule has 1 amide bonds. The molecule has 0 N–H and O–H groups in total. The van der Waals surface area contributed by atoms with Crippen molar-refractivity contribution in [1.82, 2.24) is 0 Å². The molecule has 0 aromatic heterocycles. The SMILES string of the molecule is C[C@@H](Cl)[C@H]1CN(C(=O)OC(C)(C)C)c2cc(OCc3ccccc3)c3c(c21)CCCC3. The Kier molecular flexibility index (Phi) is 6.20. The molecular formula is C26H32ClNO3. The number of fused-ring (bicyclic) bond motifs is 3. The van der Waals surface area contributed by atoms with E-state index in [-0.39, 0.29) is 17.4 Å². The number of carbonyl (C=O) groups is 1. The van der Waals surface area contributed by atoms with Gasteiger partial charge in [0.2, 0.25) is 0 Å². The first-order valence-electron chi connectivity index (χ1n) is 11.2. The van der Waals surface area contributed by atoms with Crippen molar-refractivity contribution < 1.29 is 14.3 Å². The maximum atomic E-state index is 13.1. The number of amides is 1. The number of alkyl halides is 1. The smallest absolute Gasteiger partial charge is 0.414 e. The van der Waals surface area contributed by atoms with Crippen molar-refractivity contribution in [3.05, 3.63) is 58.7 Å². The van der Waals surface area contributed by atoms with E-state index in [1.165, 1.54) is 16.7 Å². The Morgan fingerprint density at radius 1 is 1.16 bits per heavy atom. The highest BCUT2D eigenvalue weighted by molar-refractivity contribution is 6.21. The van der Waals surface area contributed by atoms with Crippen LogP contribution >= 0.6 is 11.6 Å². The van der Waals surface area contributed by atoms with Crippen molar-refractivity contribution in [3.8, 4) is 5.75 Å². The molecule has 5 heteroatoms. The summed E-state index contributed by atoms with van der Waals surface area (Å²) < 4.78 is 12.1. The van der Waals surface area contributed by atoms with Gasteiger partial charge in [-0.2, -0.15) is 0 Å². The summed E-state index contributed by atoms with van der Waals surface area (Å²) in [5.41, 5.74) is 5.31. The van der Waals surface area contributed by atoms with Gasteiger partial charge in [0, 0.05) is 23.9 Å². The van der Waals surface area contributed by atoms with Crippen LogP contribution in [0.2, 0.25) is 0 Å². The van der Waals surface area contributed by atoms with Gasteiger partial charge in [-0.3, -0.25) is 4.90 Å². The van der Waals surface area contributed by atoms with E-state index in [1.54, 1.807) is 4.90 Å². The van der Waals surface area contributed by atoms with E-state index in [2.05, 4.69) is 12.1 Å². The van der Waals surface area contributed by atoms with Crippen LogP contribution < -0.4 is 9.64 Å². The second kappa shape index (κ2) is 8.74. The molecule has 4 nitrogen and oxygen atoms in total. The lowest BCUT2D eigenvalue weighted by atomic mass is 9.82. The average molecular weight is 442 g/mol. The van der Waals surface area contributed by atoms with Crippen LogP contribution in [0, 0.1) is 0 Å². The standard InChI is InChI=1S/C26H32ClNO3/c1-17(27)21-15-28(25(29)31-26(2,3)4)22-14-23(30-16-18-10-6-5-7-11-18)19-12-8-9-13-20(19)24(21)22/h5-7,10-11,14,17,21H,8-9,12-13,15-16H2,1-4H3/t17-,21-/m1/s1. The summed E-state index contributed by atoms with van der Waals surface area (Å²) in [6.45, 7) is 8.75. The molecular weight excluding hydrogens is 410 g/mol. The zero-order chi connectivity index (χ0) is 22.2. The predicted molar refractivity (Wildman–Crippen MR) is 125 cm³/mol. The zero-order valence-electron chi connectivity index (χ0n) is 18.9. The Labute approximate surface area is 190 Å². The first kappa shape index (κ1) is 22.0. The van der Waals surface area contributed by atoms with E-state index in [0.29, 0.717) is 13.2 Å². The van der Waals surface area contributed by atoms with Crippen molar-refractivity contribution >= 4 is 23.4 Å². The summed E-state index contributed by atoms with van der Waals surface area (Å²) in [5, 5.41) is -0.0756. The summed E-state index contributed by atoms with van der Waals surface area (Å²) in [4.78, 5) is 14.8. The Morgan fingerprint density at radius 2 is 1.84 bits per heavy atom. The molecule has 2 aromatic rings. The first-order valence-corrected chi connectivity index (χ1v) is 11.7. The van der Waals surface area contributed by atoms with Crippen molar-refractivity contribution in [3.63, 3.8) is 0 Å². The van der Waals surface area contributed by atoms with Gasteiger partial charge in [-0.1, -0.05) is 30.3 Å². The summed E-state index contributed by atoms with van der Waals surface area (Å²) in [6, 6.07) is 12.2. The lowest BCUT2D eigenvalue weighted by molar-refractivity contribution is 0.0582. The molecule has 2 atom stereocenters. The van der Waals surface area contributed by atoms with Gasteiger partial charge < -0.3 is 9.47 Å². The minimum Gasteiger partial charge on any atom is -0.489 e. The van der Waals surface area contributed by atoms with Crippen LogP contribution in [0.15, 0.2) is 36.4 Å². The Balaban J connectivity index is 1.75. The number of carbonyl (C=O) groups excluding carboxylic acids is 1. The van der Waals surface area contributed by atoms with Crippen molar-refractivity contribution in [2.45, 2.75) is 76.9 Å². The number of hydrogen-bond acceptors (Lipinski definition) is 3. The van der Waals surface area contributed by atoms with Crippen LogP contribution in [0.25, 0.3) is 0 Å². The lowest BCUT2D eigenvalue weighted by Crippen LogP contribution is -2.36. The highest BCUT2D eigenvalue weighted by atomic mass is 35.5. The average Bonchev–Trinajstić information content (AvgIpc) is 3.12. The fourth-order valence-electron chi connectivity index (χ4n) is 4.67. The lowest BCUT2D eigenvalue weighted by Gasteiger charge is -2.27. The molecule has 1 aliphatic heterocycles. The van der Waals surface area contributed by atoms with Gasteiger partial charge in [0.1, 0.15) is 18.0 Å². The largest absolute Gasteiger partial charge is 0.489 e. The van der Waals surface area contributed by atoms with Gasteiger partial charge in [0.15, 0.2) is 0 Å². The quantitative estimate of drug-likeness (QED) is 0.501. The van der Waals surface area contributed by atoms with Gasteiger partial charge in [-0.25, -0.2) is 4.79 Å². The zero-order valence-corrected chi connectivity index (χ0v) is 19.7. The summed E-state index contributed by atoms with van der Waals surface area (Å²) >= 11 is 6.63. The third kappa shape index (κ3) is 4.69. The van der Waals surface area contributed by atoms with E-state index in [9.17, 15) is 4.79 Å². The molecule has 1 heterocycles. The second-order valence-corrected chi connectivity index (χ2v) is 10.3. The summed E-state index contributed by atoms with van der Waals surface area (Å²) in [5.74, 6) is 0.980. The third-order valence-electron chi connectivity index (χ3n) is 6.08. The van der Waals surface area contributed by atoms with Crippen LogP contribution in [-0.4, -0.2) is 23.6 Å². The van der Waals surface area contributed by atoms with Gasteiger partial charge >= 0.3 is 6.09 Å². The molecule has 2 aromatic carbocycles. The normalized spacial score (nSPS) is 18.9. The number of hydrogen-bond donors (Lipinski definition) is 0. The highest BCUT2D eigenvalue weighted by Gasteiger charge is 2.40. The molecule has 0 fully saturated rings. The Bertz CT molecular complexity index is 949. The van der Waals surface area contributed by atoms with Crippen LogP contribution in [0.1, 0.15) is 68.7 Å². The number of anilines is 1. The van der Waals surface area contributed by atoms with Gasteiger partial charge in [-0.15, -0.1) is 11.6 Å². The molecule has 166 valence electrons. The molecule has 0 unspecified atom stereocenters. The molecule has 1 aliphatic carbocycles. The van der Waals surface area contributed by atoms with Crippen molar-refractivity contribution in [1.29, 1.82) is 0 Å². The van der Waals surface area contributed by atoms with E-state index >= 15 is 0 Å². The number of halogens is 1. The molecule has 4 rings (SSSR count). The second-order valence-electron chi connectivity index (χ2n) is 9.62. The summed E-state index contributed by atoms with van der Waals surface area (Å²) in [6.07, 6.45) is 3.99. The maximum Gasteiger partial charge on any atom is 0.414 e. The number of rotatable bonds is 4. The van der Waals surface area contributed by atoms with Gasteiger partial charge in [-0.05, 0) is 75.6 Å². The Morgan fingerprint density at radius 3 is 2.48 bits per heavy atom. The molecule has 2 aliphatic rings. The van der Waals surface area contributed by atoms with E-state index in [0.717, 1.165) is 42.7 Å². The number of ether oxygens (including phenoxy) is 2. The minimum atomic E-state index is -0.553. The monoisotopic (exact) mass is 441 g/mol. The number of nitrogens with zero attached hydrogens (tertiary/aromatic N) is 1. The van der Waals surface area contributed by atoms with E-state index in [4.69, 9.17) is 21.1 Å². The number of benzene rings is 2. The minimum absolute atomic E-state index is 0.0756. The van der Waals surface area contributed by atoms with Crippen molar-refractivity contribution in [2.24, 2.45) is 0 Å². The van der Waals surface area contributed by atoms with Crippen LogP contribution in [0.5, 0.6) is 5.75 Å². The molecule has 0 bridgehead atoms. The molecule has 0 saturated heterocycles. The summed E-state index contributed by atoms with van der Waals surface area (Å²) in [7, 11) is 0. The topological polar surface area (TPSA) is 38.8 Å². The fraction of sp³-hybridized carbons (Fsp3) is 0.500. The Hall–Kier alpha value is -2.20. The third-order valence-corrected chi connectivity index (χ3v) is 6.38. The van der Waals surface area contributed by atoms with Crippen LogP contribution in [0.4, 0.5) is 10.5 Å². The first-order chi connectivity index (χ1) is 14.7. The fourth-order valence-corrected chi connectivity index (χ4v) is 4.88. The van der Waals surface area contributed by atoms with E-state index < -0.39 is 5.60 Å². The maximum absolute atomic E-state index is 13.1. The molecule has 31 heavy (non-hydrogen) atoms. The predicted octanol–water partition coefficient (Wildman–Crippen LogP) is 6.61. The van der Waals surface area contributed by atoms with Crippen molar-refractivity contribution in [2.75, 3.05) is 11.4 Å². The van der Waals surface area contributed by atoms with E-state index in [1.807, 2.05) is 52.0 Å². The van der Waals surface area contributed by atoms with Gasteiger partial charge in [0.05, 0.1) is 5.69 Å².